The Labute approximate surface area is 180 Å². The minimum atomic E-state index is -1.09. The van der Waals surface area contributed by atoms with Crippen LogP contribution in [0.2, 0.25) is 0 Å². The number of fused-ring (bicyclic) bond motifs is 1. The summed E-state index contributed by atoms with van der Waals surface area (Å²) < 4.78 is 26.4. The summed E-state index contributed by atoms with van der Waals surface area (Å²) in [6.45, 7) is 3.17. The highest BCUT2D eigenvalue weighted by atomic mass is 19.2. The smallest absolute Gasteiger partial charge is 0.313 e. The van der Waals surface area contributed by atoms with Gasteiger partial charge in [-0.15, -0.1) is 0 Å². The van der Waals surface area contributed by atoms with Crippen molar-refractivity contribution in [3.05, 3.63) is 59.2 Å². The molecule has 6 nitrogen and oxygen atoms in total. The zero-order valence-electron chi connectivity index (χ0n) is 17.5. The molecule has 0 radical (unpaired) electrons. The highest BCUT2D eigenvalue weighted by molar-refractivity contribution is 6.39. The number of anilines is 2. The molecule has 31 heavy (non-hydrogen) atoms. The first kappa shape index (κ1) is 21.2. The Kier molecular flexibility index (Phi) is 6.18. The molecule has 1 atom stereocenters. The van der Waals surface area contributed by atoms with E-state index in [1.807, 2.05) is 0 Å². The molecule has 1 fully saturated rings. The summed E-state index contributed by atoms with van der Waals surface area (Å²) in [5.41, 5.74) is 3.68. The molecular formula is C23H26F2N4O2. The third-order valence-corrected chi connectivity index (χ3v) is 6.04. The Hall–Kier alpha value is -3.00. The molecule has 2 aliphatic heterocycles. The minimum Gasteiger partial charge on any atom is -0.374 e. The van der Waals surface area contributed by atoms with Crippen LogP contribution in [0.5, 0.6) is 0 Å². The topological polar surface area (TPSA) is 64.7 Å². The van der Waals surface area contributed by atoms with Crippen LogP contribution in [0.3, 0.4) is 0 Å². The predicted octanol–water partition coefficient (Wildman–Crippen LogP) is 2.85. The summed E-state index contributed by atoms with van der Waals surface area (Å²) in [5.74, 6) is -3.83. The van der Waals surface area contributed by atoms with E-state index < -0.39 is 23.4 Å². The fraction of sp³-hybridized carbons (Fsp3) is 0.391. The number of benzene rings is 2. The average Bonchev–Trinajstić information content (AvgIpc) is 3.41. The molecule has 2 aliphatic rings. The average molecular weight is 428 g/mol. The van der Waals surface area contributed by atoms with E-state index in [1.165, 1.54) is 17.3 Å². The Morgan fingerprint density at radius 3 is 2.52 bits per heavy atom. The molecule has 0 bridgehead atoms. The molecule has 1 saturated heterocycles. The van der Waals surface area contributed by atoms with Gasteiger partial charge in [0.15, 0.2) is 11.6 Å². The van der Waals surface area contributed by atoms with Crippen LogP contribution < -0.4 is 15.5 Å². The monoisotopic (exact) mass is 428 g/mol. The van der Waals surface area contributed by atoms with E-state index in [1.54, 1.807) is 0 Å². The second-order valence-corrected chi connectivity index (χ2v) is 8.11. The van der Waals surface area contributed by atoms with Gasteiger partial charge in [0.1, 0.15) is 0 Å². The van der Waals surface area contributed by atoms with E-state index in [9.17, 15) is 18.4 Å². The second-order valence-electron chi connectivity index (χ2n) is 8.11. The lowest BCUT2D eigenvalue weighted by Gasteiger charge is -2.28. The molecular weight excluding hydrogens is 402 g/mol. The molecule has 4 rings (SSSR count). The molecule has 0 aliphatic carbocycles. The third kappa shape index (κ3) is 4.69. The summed E-state index contributed by atoms with van der Waals surface area (Å²) in [5, 5.41) is 5.01. The van der Waals surface area contributed by atoms with Gasteiger partial charge in [0, 0.05) is 37.6 Å². The van der Waals surface area contributed by atoms with Gasteiger partial charge in [0.2, 0.25) is 0 Å². The van der Waals surface area contributed by atoms with Crippen molar-refractivity contribution in [3.63, 3.8) is 0 Å². The van der Waals surface area contributed by atoms with Crippen molar-refractivity contribution < 1.29 is 18.4 Å². The molecule has 0 saturated carbocycles. The van der Waals surface area contributed by atoms with Gasteiger partial charge >= 0.3 is 11.8 Å². The number of rotatable bonds is 5. The van der Waals surface area contributed by atoms with Crippen molar-refractivity contribution in [2.24, 2.45) is 0 Å². The first-order chi connectivity index (χ1) is 14.9. The summed E-state index contributed by atoms with van der Waals surface area (Å²) in [4.78, 5) is 29.1. The standard InChI is InChI=1S/C23H26F2N4O2/c1-28-11-8-16-12-15(4-7-20(16)28)21(29-9-2-3-10-29)14-26-22(30)23(31)27-17-5-6-18(24)19(25)13-17/h4-7,12-13,21H,2-3,8-11,14H2,1H3,(H,26,30)(H,27,31). The summed E-state index contributed by atoms with van der Waals surface area (Å²) in [7, 11) is 2.08. The van der Waals surface area contributed by atoms with Gasteiger partial charge in [-0.05, 0) is 61.7 Å². The number of halogens is 2. The molecule has 2 N–H and O–H groups in total. The lowest BCUT2D eigenvalue weighted by molar-refractivity contribution is -0.136. The molecule has 0 aromatic heterocycles. The minimum absolute atomic E-state index is 0.0258. The summed E-state index contributed by atoms with van der Waals surface area (Å²) in [6.07, 6.45) is 3.21. The number of amides is 2. The fourth-order valence-corrected chi connectivity index (χ4v) is 4.34. The maximum atomic E-state index is 13.3. The lowest BCUT2D eigenvalue weighted by Crippen LogP contribution is -2.41. The number of likely N-dealkylation sites (N-methyl/N-ethyl adjacent to an activating group) is 1. The second kappa shape index (κ2) is 9.01. The quantitative estimate of drug-likeness (QED) is 0.719. The van der Waals surface area contributed by atoms with Crippen LogP contribution in [0.15, 0.2) is 36.4 Å². The van der Waals surface area contributed by atoms with Gasteiger partial charge < -0.3 is 15.5 Å². The Bertz CT molecular complexity index is 992. The molecule has 164 valence electrons. The van der Waals surface area contributed by atoms with E-state index in [0.717, 1.165) is 56.6 Å². The Balaban J connectivity index is 1.43. The first-order valence-electron chi connectivity index (χ1n) is 10.5. The number of carbonyl (C=O) groups is 2. The van der Waals surface area contributed by atoms with Crippen LogP contribution in [-0.4, -0.2) is 49.9 Å². The van der Waals surface area contributed by atoms with Gasteiger partial charge in [-0.1, -0.05) is 12.1 Å². The van der Waals surface area contributed by atoms with Crippen LogP contribution in [0.1, 0.15) is 30.0 Å². The summed E-state index contributed by atoms with van der Waals surface area (Å²) >= 11 is 0. The number of carbonyl (C=O) groups excluding carboxylic acids is 2. The van der Waals surface area contributed by atoms with Crippen LogP contribution >= 0.6 is 0 Å². The maximum Gasteiger partial charge on any atom is 0.313 e. The lowest BCUT2D eigenvalue weighted by atomic mass is 10.0. The predicted molar refractivity (Wildman–Crippen MR) is 115 cm³/mol. The number of hydrogen-bond donors (Lipinski definition) is 2. The van der Waals surface area contributed by atoms with Crippen LogP contribution in [-0.2, 0) is 16.0 Å². The van der Waals surface area contributed by atoms with Crippen molar-refractivity contribution >= 4 is 23.2 Å². The number of hydrogen-bond acceptors (Lipinski definition) is 4. The van der Waals surface area contributed by atoms with Crippen LogP contribution in [0.25, 0.3) is 0 Å². The molecule has 2 heterocycles. The SMILES string of the molecule is CN1CCc2cc(C(CNC(=O)C(=O)Nc3ccc(F)c(F)c3)N3CCCC3)ccc21. The summed E-state index contributed by atoms with van der Waals surface area (Å²) in [6, 6.07) is 9.34. The zero-order valence-corrected chi connectivity index (χ0v) is 17.5. The van der Waals surface area contributed by atoms with E-state index in [-0.39, 0.29) is 11.7 Å². The van der Waals surface area contributed by atoms with E-state index in [0.29, 0.717) is 6.54 Å². The van der Waals surface area contributed by atoms with Gasteiger partial charge in [0.25, 0.3) is 0 Å². The van der Waals surface area contributed by atoms with E-state index in [2.05, 4.69) is 45.7 Å². The van der Waals surface area contributed by atoms with Crippen molar-refractivity contribution in [1.82, 2.24) is 10.2 Å². The van der Waals surface area contributed by atoms with Crippen molar-refractivity contribution in [2.45, 2.75) is 25.3 Å². The van der Waals surface area contributed by atoms with E-state index in [4.69, 9.17) is 0 Å². The molecule has 8 heteroatoms. The normalized spacial score (nSPS) is 16.8. The number of likely N-dealkylation sites (tertiary alicyclic amines) is 1. The van der Waals surface area contributed by atoms with Crippen LogP contribution in [0, 0.1) is 11.6 Å². The highest BCUT2D eigenvalue weighted by Gasteiger charge is 2.27. The molecule has 2 aromatic rings. The first-order valence-corrected chi connectivity index (χ1v) is 10.5. The Morgan fingerprint density at radius 1 is 1.00 bits per heavy atom. The van der Waals surface area contributed by atoms with Gasteiger partial charge in [-0.2, -0.15) is 0 Å². The number of nitrogens with one attached hydrogen (secondary N) is 2. The molecule has 2 aromatic carbocycles. The maximum absolute atomic E-state index is 13.3. The number of nitrogens with zero attached hydrogens (tertiary/aromatic N) is 2. The zero-order chi connectivity index (χ0) is 22.0. The molecule has 0 spiro atoms. The van der Waals surface area contributed by atoms with Crippen molar-refractivity contribution in [2.75, 3.05) is 43.4 Å². The fourth-order valence-electron chi connectivity index (χ4n) is 4.34. The van der Waals surface area contributed by atoms with Crippen molar-refractivity contribution in [3.8, 4) is 0 Å². The van der Waals surface area contributed by atoms with Gasteiger partial charge in [-0.25, -0.2) is 8.78 Å². The molecule has 2 amide bonds. The highest BCUT2D eigenvalue weighted by Crippen LogP contribution is 2.32. The van der Waals surface area contributed by atoms with Gasteiger partial charge in [-0.3, -0.25) is 14.5 Å². The van der Waals surface area contributed by atoms with Crippen molar-refractivity contribution in [1.29, 1.82) is 0 Å². The van der Waals surface area contributed by atoms with Crippen LogP contribution in [0.4, 0.5) is 20.2 Å². The van der Waals surface area contributed by atoms with E-state index >= 15 is 0 Å². The largest absolute Gasteiger partial charge is 0.374 e. The Morgan fingerprint density at radius 2 is 1.77 bits per heavy atom. The third-order valence-electron chi connectivity index (χ3n) is 6.04. The van der Waals surface area contributed by atoms with Gasteiger partial charge in [0.05, 0.1) is 6.04 Å². The molecule has 1 unspecified atom stereocenters.